The van der Waals surface area contributed by atoms with Crippen molar-refractivity contribution >= 4 is 17.9 Å². The van der Waals surface area contributed by atoms with Crippen molar-refractivity contribution in [3.05, 3.63) is 85.1 Å². The fraction of sp³-hybridized carbons (Fsp3) is 0.673. The van der Waals surface area contributed by atoms with Crippen LogP contribution in [0.3, 0.4) is 0 Å². The van der Waals surface area contributed by atoms with Crippen LogP contribution in [0.2, 0.25) is 0 Å². The molecule has 0 aliphatic carbocycles. The van der Waals surface area contributed by atoms with Gasteiger partial charge in [-0.05, 0) is 70.6 Å². The van der Waals surface area contributed by atoms with E-state index in [1.54, 1.807) is 0 Å². The first kappa shape index (κ1) is 57.5. The van der Waals surface area contributed by atoms with Crippen molar-refractivity contribution in [2.75, 3.05) is 47.5 Å². The molecule has 1 N–H and O–H groups in total. The Labute approximate surface area is 372 Å². The maximum Gasteiger partial charge on any atom is 0.361 e. The second kappa shape index (κ2) is 43.1. The number of quaternary nitrogens is 1. The van der Waals surface area contributed by atoms with E-state index < -0.39 is 24.3 Å². The van der Waals surface area contributed by atoms with E-state index in [1.807, 2.05) is 21.1 Å². The molecule has 0 aromatic heterocycles. The van der Waals surface area contributed by atoms with Gasteiger partial charge in [0, 0.05) is 12.8 Å². The normalized spacial score (nSPS) is 13.7. The molecule has 2 unspecified atom stereocenters. The maximum atomic E-state index is 12.7. The summed E-state index contributed by atoms with van der Waals surface area (Å²) in [5.41, 5.74) is 0. The van der Waals surface area contributed by atoms with Gasteiger partial charge in [0.05, 0.1) is 34.4 Å². The fourth-order valence-electron chi connectivity index (χ4n) is 5.99. The summed E-state index contributed by atoms with van der Waals surface area (Å²) >= 11 is 0. The van der Waals surface area contributed by atoms with Gasteiger partial charge in [-0.15, -0.1) is 0 Å². The predicted octanol–water partition coefficient (Wildman–Crippen LogP) is 12.9. The third-order valence-electron chi connectivity index (χ3n) is 9.67. The van der Waals surface area contributed by atoms with E-state index in [-0.39, 0.29) is 32.2 Å². The highest BCUT2D eigenvalue weighted by Crippen LogP contribution is 2.13. The molecular formula is C52H88NO8+. The van der Waals surface area contributed by atoms with Crippen molar-refractivity contribution in [1.82, 2.24) is 0 Å². The number of esters is 2. The molecule has 61 heavy (non-hydrogen) atoms. The number of unbranched alkanes of at least 4 members (excludes halogenated alkanes) is 13. The summed E-state index contributed by atoms with van der Waals surface area (Å²) in [6.07, 6.45) is 52.7. The van der Waals surface area contributed by atoms with Gasteiger partial charge in [-0.2, -0.15) is 0 Å². The minimum atomic E-state index is -1.51. The predicted molar refractivity (Wildman–Crippen MR) is 253 cm³/mol. The van der Waals surface area contributed by atoms with E-state index in [4.69, 9.17) is 18.9 Å². The van der Waals surface area contributed by atoms with E-state index in [2.05, 4.69) is 98.9 Å². The number of allylic oxidation sites excluding steroid dienone is 14. The standard InChI is InChI=1S/C52H87NO8/c1-6-8-10-12-13-14-15-16-17-18-19-20-21-22-23-24-25-26-27-28-29-30-31-32-33-34-35-36-37-39-41-43-50(55)61-48(46-59-49(54)42-40-38-11-9-7-2)47-60-52(51(56)57)58-45-44-53(3,4)5/h8,10,13-14,16-17,19-20,22-23,25-26,28-29,48,52H,6-7,9,11-12,15,18,21,24,27,30-47H2,1-5H3/p+1/b10-8-,14-13-,17-16-,20-19-,23-22-,26-25-,29-28-. The van der Waals surface area contributed by atoms with Gasteiger partial charge in [0.25, 0.3) is 6.29 Å². The Kier molecular flexibility index (Phi) is 40.6. The summed E-state index contributed by atoms with van der Waals surface area (Å²) in [7, 11) is 5.93. The Balaban J connectivity index is 4.12. The van der Waals surface area contributed by atoms with Crippen LogP contribution in [0.5, 0.6) is 0 Å². The summed E-state index contributed by atoms with van der Waals surface area (Å²) in [6, 6.07) is 0. The molecular weight excluding hydrogens is 767 g/mol. The molecule has 0 aromatic carbocycles. The number of rotatable bonds is 42. The lowest BCUT2D eigenvalue weighted by molar-refractivity contribution is -0.870. The average molecular weight is 855 g/mol. The zero-order valence-electron chi connectivity index (χ0n) is 39.3. The van der Waals surface area contributed by atoms with Crippen LogP contribution >= 0.6 is 0 Å². The Morgan fingerprint density at radius 1 is 0.508 bits per heavy atom. The lowest BCUT2D eigenvalue weighted by Gasteiger charge is -2.25. The molecule has 0 spiro atoms. The third kappa shape index (κ3) is 44.3. The van der Waals surface area contributed by atoms with Gasteiger partial charge in [0.2, 0.25) is 0 Å². The first-order valence-corrected chi connectivity index (χ1v) is 23.8. The number of carbonyl (C=O) groups excluding carboxylic acids is 2. The zero-order valence-corrected chi connectivity index (χ0v) is 39.3. The molecule has 0 aromatic rings. The summed E-state index contributed by atoms with van der Waals surface area (Å²) in [5.74, 6) is -2.04. The Hall–Kier alpha value is -3.53. The molecule has 0 saturated heterocycles. The summed E-state index contributed by atoms with van der Waals surface area (Å²) < 4.78 is 22.6. The molecule has 9 nitrogen and oxygen atoms in total. The monoisotopic (exact) mass is 855 g/mol. The smallest absolute Gasteiger partial charge is 0.361 e. The van der Waals surface area contributed by atoms with Gasteiger partial charge in [-0.25, -0.2) is 4.79 Å². The van der Waals surface area contributed by atoms with Crippen molar-refractivity contribution in [3.63, 3.8) is 0 Å². The van der Waals surface area contributed by atoms with Crippen LogP contribution in [0.4, 0.5) is 0 Å². The molecule has 9 heteroatoms. The molecule has 2 atom stereocenters. The van der Waals surface area contributed by atoms with Gasteiger partial charge in [-0.1, -0.05) is 170 Å². The topological polar surface area (TPSA) is 108 Å². The molecule has 0 saturated carbocycles. The highest BCUT2D eigenvalue weighted by molar-refractivity contribution is 5.71. The molecule has 0 aliphatic heterocycles. The molecule has 0 fully saturated rings. The van der Waals surface area contributed by atoms with E-state index in [0.717, 1.165) is 103 Å². The van der Waals surface area contributed by atoms with Crippen molar-refractivity contribution in [2.45, 2.75) is 180 Å². The van der Waals surface area contributed by atoms with Crippen molar-refractivity contribution in [3.8, 4) is 0 Å². The van der Waals surface area contributed by atoms with Crippen LogP contribution in [0.25, 0.3) is 0 Å². The minimum absolute atomic E-state index is 0.183. The number of nitrogens with zero attached hydrogens (tertiary/aromatic N) is 1. The van der Waals surface area contributed by atoms with Crippen LogP contribution < -0.4 is 0 Å². The van der Waals surface area contributed by atoms with Crippen molar-refractivity contribution < 1.29 is 42.9 Å². The number of ether oxygens (including phenoxy) is 4. The Morgan fingerprint density at radius 3 is 1.39 bits per heavy atom. The highest BCUT2D eigenvalue weighted by Gasteiger charge is 2.25. The molecule has 0 rings (SSSR count). The fourth-order valence-corrected chi connectivity index (χ4v) is 5.99. The number of likely N-dealkylation sites (N-methyl/N-ethyl adjacent to an activating group) is 1. The van der Waals surface area contributed by atoms with Crippen LogP contribution in [0, 0.1) is 0 Å². The molecule has 0 radical (unpaired) electrons. The van der Waals surface area contributed by atoms with E-state index in [1.165, 1.54) is 32.1 Å². The highest BCUT2D eigenvalue weighted by atomic mass is 16.7. The Bertz CT molecular complexity index is 1270. The SMILES string of the molecule is CC/C=C\C/C=C\C/C=C\C/C=C\C/C=C\C/C=C\C/C=C\CCCCCCCCCCCC(=O)OC(COC(=O)CCCCCCC)COC(OCC[N+](C)(C)C)C(=O)O. The van der Waals surface area contributed by atoms with Crippen LogP contribution in [-0.4, -0.2) is 87.4 Å². The van der Waals surface area contributed by atoms with Crippen molar-refractivity contribution in [2.24, 2.45) is 0 Å². The number of aliphatic carboxylic acids is 1. The summed E-state index contributed by atoms with van der Waals surface area (Å²) in [6.45, 7) is 4.63. The lowest BCUT2D eigenvalue weighted by atomic mass is 10.1. The largest absolute Gasteiger partial charge is 0.477 e. The van der Waals surface area contributed by atoms with E-state index in [9.17, 15) is 19.5 Å². The van der Waals surface area contributed by atoms with E-state index >= 15 is 0 Å². The first-order chi connectivity index (χ1) is 29.6. The van der Waals surface area contributed by atoms with Gasteiger partial charge in [0.15, 0.2) is 6.10 Å². The Morgan fingerprint density at radius 2 is 0.934 bits per heavy atom. The average Bonchev–Trinajstić information content (AvgIpc) is 3.22. The maximum absolute atomic E-state index is 12.7. The molecule has 0 amide bonds. The van der Waals surface area contributed by atoms with Crippen LogP contribution in [0.1, 0.15) is 168 Å². The zero-order chi connectivity index (χ0) is 44.9. The van der Waals surface area contributed by atoms with Gasteiger partial charge in [-0.3, -0.25) is 9.59 Å². The van der Waals surface area contributed by atoms with Gasteiger partial charge >= 0.3 is 17.9 Å². The summed E-state index contributed by atoms with van der Waals surface area (Å²) in [4.78, 5) is 36.8. The quantitative estimate of drug-likeness (QED) is 0.0213. The van der Waals surface area contributed by atoms with Gasteiger partial charge in [0.1, 0.15) is 13.2 Å². The number of hydrogen-bond acceptors (Lipinski definition) is 7. The minimum Gasteiger partial charge on any atom is -0.477 e. The second-order valence-electron chi connectivity index (χ2n) is 16.7. The van der Waals surface area contributed by atoms with Crippen LogP contribution in [-0.2, 0) is 33.3 Å². The third-order valence-corrected chi connectivity index (χ3v) is 9.67. The second-order valence-corrected chi connectivity index (χ2v) is 16.7. The van der Waals surface area contributed by atoms with E-state index in [0.29, 0.717) is 23.9 Å². The molecule has 0 heterocycles. The number of hydrogen-bond donors (Lipinski definition) is 1. The lowest BCUT2D eigenvalue weighted by Crippen LogP contribution is -2.40. The molecule has 0 bridgehead atoms. The number of carbonyl (C=O) groups is 3. The molecule has 348 valence electrons. The number of carboxylic acids is 1. The van der Waals surface area contributed by atoms with Crippen LogP contribution in [0.15, 0.2) is 85.1 Å². The van der Waals surface area contributed by atoms with Crippen molar-refractivity contribution in [1.29, 1.82) is 0 Å². The first-order valence-electron chi connectivity index (χ1n) is 23.8. The molecule has 0 aliphatic rings. The summed E-state index contributed by atoms with van der Waals surface area (Å²) in [5, 5.41) is 9.59. The number of carboxylic acid groups (broad SMARTS) is 1. The van der Waals surface area contributed by atoms with Gasteiger partial charge < -0.3 is 28.5 Å².